The van der Waals surface area contributed by atoms with Gasteiger partial charge in [-0.3, -0.25) is 9.59 Å². The van der Waals surface area contributed by atoms with Gasteiger partial charge in [0.2, 0.25) is 11.8 Å². The van der Waals surface area contributed by atoms with Crippen molar-refractivity contribution in [3.63, 3.8) is 0 Å². The molecule has 0 bridgehead atoms. The van der Waals surface area contributed by atoms with Crippen molar-refractivity contribution in [3.8, 4) is 0 Å². The van der Waals surface area contributed by atoms with Crippen LogP contribution in [0, 0.1) is 23.7 Å². The number of carbonyl (C=O) groups is 3. The Balaban J connectivity index is 1.31. The molecule has 39 heavy (non-hydrogen) atoms. The highest BCUT2D eigenvalue weighted by molar-refractivity contribution is 6.25. The van der Waals surface area contributed by atoms with Crippen molar-refractivity contribution in [3.05, 3.63) is 24.0 Å². The SMILES string of the molecule is N[C@H](CF)C1CCC(C(=O)N2CC[C@@H](C3CCCCC3)[C@H]2C(=O)NC2=CN3C(=NC(C(=O)O)C3Cl)C=C2)CC1. The van der Waals surface area contributed by atoms with Gasteiger partial charge in [-0.25, -0.2) is 14.2 Å². The van der Waals surface area contributed by atoms with Gasteiger partial charge in [0, 0.05) is 24.7 Å². The first kappa shape index (κ1) is 28.1. The Labute approximate surface area is 233 Å². The predicted molar refractivity (Wildman–Crippen MR) is 145 cm³/mol. The normalized spacial score (nSPS) is 33.8. The minimum Gasteiger partial charge on any atom is -0.480 e. The molecular formula is C28H39ClFN5O4. The second kappa shape index (κ2) is 12.0. The summed E-state index contributed by atoms with van der Waals surface area (Å²) >= 11 is 6.35. The van der Waals surface area contributed by atoms with Gasteiger partial charge in [0.15, 0.2) is 6.04 Å². The number of likely N-dealkylation sites (tertiary alicyclic amines) is 1. The van der Waals surface area contributed by atoms with Crippen LogP contribution < -0.4 is 11.1 Å². The molecule has 0 aromatic heterocycles. The zero-order valence-electron chi connectivity index (χ0n) is 22.2. The number of aliphatic carboxylic acids is 1. The maximum atomic E-state index is 13.9. The number of allylic oxidation sites excluding steroid dienone is 1. The van der Waals surface area contributed by atoms with Crippen LogP contribution in [-0.4, -0.2) is 75.4 Å². The number of aliphatic imine (C=N–C) groups is 1. The number of fused-ring (bicyclic) bond motifs is 1. The van der Waals surface area contributed by atoms with E-state index in [0.717, 1.165) is 44.9 Å². The molecule has 1 saturated heterocycles. The molecule has 9 nitrogen and oxygen atoms in total. The molecule has 3 aliphatic heterocycles. The van der Waals surface area contributed by atoms with Gasteiger partial charge in [-0.2, -0.15) is 0 Å². The van der Waals surface area contributed by atoms with Gasteiger partial charge in [0.1, 0.15) is 24.1 Å². The average Bonchev–Trinajstić information content (AvgIpc) is 3.54. The van der Waals surface area contributed by atoms with E-state index < -0.39 is 36.3 Å². The fourth-order valence-electron chi connectivity index (χ4n) is 7.25. The molecule has 5 rings (SSSR count). The molecular weight excluding hydrogens is 525 g/mol. The molecule has 0 radical (unpaired) electrons. The second-order valence-electron chi connectivity index (χ2n) is 11.7. The quantitative estimate of drug-likeness (QED) is 0.322. The Morgan fingerprint density at radius 3 is 2.49 bits per heavy atom. The molecule has 0 aromatic carbocycles. The van der Waals surface area contributed by atoms with E-state index in [2.05, 4.69) is 10.3 Å². The van der Waals surface area contributed by atoms with E-state index in [9.17, 15) is 23.9 Å². The molecule has 4 N–H and O–H groups in total. The van der Waals surface area contributed by atoms with E-state index in [-0.39, 0.29) is 29.6 Å². The number of halogens is 2. The lowest BCUT2D eigenvalue weighted by molar-refractivity contribution is -0.143. The third kappa shape index (κ3) is 5.73. The number of carboxylic acids is 1. The van der Waals surface area contributed by atoms with E-state index in [1.165, 1.54) is 6.42 Å². The van der Waals surface area contributed by atoms with Gasteiger partial charge in [0.05, 0.1) is 5.70 Å². The number of carbonyl (C=O) groups excluding carboxylic acids is 2. The topological polar surface area (TPSA) is 128 Å². The Hall–Kier alpha value is -2.46. The number of alkyl halides is 2. The summed E-state index contributed by atoms with van der Waals surface area (Å²) in [5, 5.41) is 12.4. The molecule has 2 aliphatic carbocycles. The van der Waals surface area contributed by atoms with Crippen LogP contribution in [0.1, 0.15) is 64.2 Å². The lowest BCUT2D eigenvalue weighted by Crippen LogP contribution is -2.52. The molecule has 2 saturated carbocycles. The number of nitrogens with two attached hydrogens (primary N) is 1. The number of nitrogens with one attached hydrogen (secondary N) is 1. The Morgan fingerprint density at radius 1 is 1.10 bits per heavy atom. The molecule has 2 amide bonds. The summed E-state index contributed by atoms with van der Waals surface area (Å²) in [6, 6.07) is -2.13. The van der Waals surface area contributed by atoms with Crippen LogP contribution in [0.4, 0.5) is 4.39 Å². The number of amidine groups is 1. The number of rotatable bonds is 7. The van der Waals surface area contributed by atoms with Crippen molar-refractivity contribution in [2.24, 2.45) is 34.4 Å². The van der Waals surface area contributed by atoms with Crippen molar-refractivity contribution in [1.82, 2.24) is 15.1 Å². The lowest BCUT2D eigenvalue weighted by Gasteiger charge is -2.37. The summed E-state index contributed by atoms with van der Waals surface area (Å²) in [6.45, 7) is 0.0150. The molecule has 0 aromatic rings. The summed E-state index contributed by atoms with van der Waals surface area (Å²) in [5.41, 5.74) is 5.51. The lowest BCUT2D eigenvalue weighted by atomic mass is 9.76. The predicted octanol–water partition coefficient (Wildman–Crippen LogP) is 3.15. The third-order valence-electron chi connectivity index (χ3n) is 9.43. The molecule has 3 fully saturated rings. The summed E-state index contributed by atoms with van der Waals surface area (Å²) in [6.07, 6.45) is 14.2. The first-order valence-corrected chi connectivity index (χ1v) is 14.8. The smallest absolute Gasteiger partial charge is 0.332 e. The number of amides is 2. The number of hydrogen-bond acceptors (Lipinski definition) is 6. The van der Waals surface area contributed by atoms with E-state index >= 15 is 0 Å². The van der Waals surface area contributed by atoms with Crippen molar-refractivity contribution >= 4 is 35.2 Å². The highest BCUT2D eigenvalue weighted by Gasteiger charge is 2.47. The van der Waals surface area contributed by atoms with Gasteiger partial charge < -0.3 is 26.0 Å². The molecule has 0 spiro atoms. The molecule has 2 unspecified atom stereocenters. The van der Waals surface area contributed by atoms with Crippen LogP contribution in [0.5, 0.6) is 0 Å². The summed E-state index contributed by atoms with van der Waals surface area (Å²) < 4.78 is 13.1. The van der Waals surface area contributed by atoms with Crippen LogP contribution in [0.25, 0.3) is 0 Å². The molecule has 11 heteroatoms. The maximum Gasteiger partial charge on any atom is 0.332 e. The average molecular weight is 564 g/mol. The standard InChI is InChI=1S/C28H39ClFN5O4/c29-25-23(28(38)39)33-22-11-10-19(15-35(22)25)32-26(36)24-20(16-4-2-1-3-5-16)12-13-34(24)27(37)18-8-6-17(7-9-18)21(31)14-30/h10-11,15-18,20-21,23-25H,1-9,12-14,31H2,(H,32,36)(H,38,39)/t17?,18?,20-,21+,23?,24-,25?/m0/s1. The Kier molecular flexibility index (Phi) is 8.61. The molecule has 214 valence electrons. The van der Waals surface area contributed by atoms with Crippen LogP contribution in [-0.2, 0) is 14.4 Å². The van der Waals surface area contributed by atoms with Crippen molar-refractivity contribution < 1.29 is 23.9 Å². The van der Waals surface area contributed by atoms with Gasteiger partial charge >= 0.3 is 5.97 Å². The van der Waals surface area contributed by atoms with Crippen molar-refractivity contribution in [2.45, 2.75) is 87.8 Å². The zero-order chi connectivity index (χ0) is 27.7. The molecule has 3 heterocycles. The number of carboxylic acid groups (broad SMARTS) is 1. The number of nitrogens with zero attached hydrogens (tertiary/aromatic N) is 3. The van der Waals surface area contributed by atoms with Crippen molar-refractivity contribution in [1.29, 1.82) is 0 Å². The van der Waals surface area contributed by atoms with Crippen LogP contribution in [0.3, 0.4) is 0 Å². The van der Waals surface area contributed by atoms with Gasteiger partial charge in [0.25, 0.3) is 0 Å². The second-order valence-corrected chi connectivity index (χ2v) is 12.2. The minimum absolute atomic E-state index is 0.0213. The van der Waals surface area contributed by atoms with Gasteiger partial charge in [-0.1, -0.05) is 43.7 Å². The highest BCUT2D eigenvalue weighted by Crippen LogP contribution is 2.41. The monoisotopic (exact) mass is 563 g/mol. The van der Waals surface area contributed by atoms with E-state index in [1.807, 2.05) is 0 Å². The molecule has 5 atom stereocenters. The fraction of sp³-hybridized carbons (Fsp3) is 0.714. The first-order valence-electron chi connectivity index (χ1n) is 14.3. The number of hydrogen-bond donors (Lipinski definition) is 3. The molecule has 5 aliphatic rings. The summed E-state index contributed by atoms with van der Waals surface area (Å²) in [5.74, 6) is -0.449. The van der Waals surface area contributed by atoms with E-state index in [1.54, 1.807) is 28.2 Å². The zero-order valence-corrected chi connectivity index (χ0v) is 22.9. The summed E-state index contributed by atoms with van der Waals surface area (Å²) in [4.78, 5) is 46.6. The highest BCUT2D eigenvalue weighted by atomic mass is 35.5. The Morgan fingerprint density at radius 2 is 1.82 bits per heavy atom. The largest absolute Gasteiger partial charge is 0.480 e. The van der Waals surface area contributed by atoms with Crippen LogP contribution >= 0.6 is 11.6 Å². The fourth-order valence-corrected chi connectivity index (χ4v) is 7.57. The summed E-state index contributed by atoms with van der Waals surface area (Å²) in [7, 11) is 0. The van der Waals surface area contributed by atoms with E-state index in [0.29, 0.717) is 36.8 Å². The van der Waals surface area contributed by atoms with Crippen LogP contribution in [0.2, 0.25) is 0 Å². The minimum atomic E-state index is -1.11. The van der Waals surface area contributed by atoms with Gasteiger partial charge in [-0.15, -0.1) is 0 Å². The first-order chi connectivity index (χ1) is 18.8. The van der Waals surface area contributed by atoms with Gasteiger partial charge in [-0.05, 0) is 62.0 Å². The maximum absolute atomic E-state index is 13.9. The third-order valence-corrected chi connectivity index (χ3v) is 9.88. The van der Waals surface area contributed by atoms with Crippen molar-refractivity contribution in [2.75, 3.05) is 13.2 Å². The van der Waals surface area contributed by atoms with Crippen LogP contribution in [0.15, 0.2) is 29.0 Å². The van der Waals surface area contributed by atoms with E-state index in [4.69, 9.17) is 17.3 Å². The Bertz CT molecular complexity index is 1050.